The number of nitrogens with zero attached hydrogens (tertiary/aromatic N) is 1. The lowest BCUT2D eigenvalue weighted by molar-refractivity contribution is 0.239. The Labute approximate surface area is 169 Å². The van der Waals surface area contributed by atoms with Gasteiger partial charge in [0.25, 0.3) is 0 Å². The van der Waals surface area contributed by atoms with E-state index in [-0.39, 0.29) is 0 Å². The third-order valence-electron chi connectivity index (χ3n) is 4.68. The number of hydrogen-bond acceptors (Lipinski definition) is 4. The van der Waals surface area contributed by atoms with Gasteiger partial charge in [-0.05, 0) is 57.3 Å². The van der Waals surface area contributed by atoms with Gasteiger partial charge >= 0.3 is 7.32 Å². The summed E-state index contributed by atoms with van der Waals surface area (Å²) >= 11 is 0. The summed E-state index contributed by atoms with van der Waals surface area (Å²) in [5.74, 6) is 0.609. The van der Waals surface area contributed by atoms with Crippen molar-refractivity contribution in [2.24, 2.45) is 0 Å². The van der Waals surface area contributed by atoms with Crippen LogP contribution in [0, 0.1) is 0 Å². The van der Waals surface area contributed by atoms with E-state index >= 15 is 0 Å². The van der Waals surface area contributed by atoms with Crippen LogP contribution in [0.25, 0.3) is 32.3 Å². The molecular weight excluding hydrogens is 361 g/mol. The maximum absolute atomic E-state index is 9.67. The third-order valence-corrected chi connectivity index (χ3v) is 4.68. The van der Waals surface area contributed by atoms with Crippen molar-refractivity contribution >= 4 is 39.6 Å². The summed E-state index contributed by atoms with van der Waals surface area (Å²) in [6.07, 6.45) is 3.50. The van der Waals surface area contributed by atoms with Gasteiger partial charge in [0.15, 0.2) is 0 Å². The van der Waals surface area contributed by atoms with E-state index in [4.69, 9.17) is 9.31 Å². The average molecular weight is 381 g/mol. The second-order valence-corrected chi connectivity index (χ2v) is 6.53. The van der Waals surface area contributed by atoms with Gasteiger partial charge in [0.05, 0.1) is 0 Å². The molecule has 1 heterocycles. The van der Waals surface area contributed by atoms with E-state index in [1.54, 1.807) is 12.4 Å². The average Bonchev–Trinajstić information content (AvgIpc) is 2.79. The number of aromatic nitrogens is 1. The molecule has 0 aliphatic carbocycles. The summed E-state index contributed by atoms with van der Waals surface area (Å²) in [6.45, 7) is 0. The smallest absolute Gasteiger partial charge is 0.511 e. The van der Waals surface area contributed by atoms with Crippen LogP contribution in [0.1, 0.15) is 0 Å². The van der Waals surface area contributed by atoms with Crippen LogP contribution >= 0.6 is 0 Å². The number of benzene rings is 4. The molecule has 5 rings (SSSR count). The quantitative estimate of drug-likeness (QED) is 0.264. The van der Waals surface area contributed by atoms with Crippen molar-refractivity contribution in [1.29, 1.82) is 0 Å². The number of pyridine rings is 1. The zero-order valence-corrected chi connectivity index (χ0v) is 16.0. The molecule has 0 saturated carbocycles. The van der Waals surface area contributed by atoms with Crippen LogP contribution in [-0.4, -0.2) is 24.4 Å². The van der Waals surface area contributed by atoms with Crippen LogP contribution in [-0.2, 0) is 4.65 Å². The number of fused-ring (bicyclic) bond motifs is 4. The summed E-state index contributed by atoms with van der Waals surface area (Å²) in [6, 6.07) is 28.3. The minimum Gasteiger partial charge on any atom is -0.511 e. The van der Waals surface area contributed by atoms with E-state index in [0.29, 0.717) is 5.75 Å². The monoisotopic (exact) mass is 381 g/mol. The first kappa shape index (κ1) is 18.9. The molecule has 0 aliphatic heterocycles. The first-order valence-corrected chi connectivity index (χ1v) is 9.33. The number of rotatable bonds is 3. The Bertz CT molecular complexity index is 1220. The van der Waals surface area contributed by atoms with Crippen molar-refractivity contribution in [3.8, 4) is 5.75 Å². The van der Waals surface area contributed by atoms with Gasteiger partial charge in [0.1, 0.15) is 5.75 Å². The second kappa shape index (κ2) is 8.73. The highest BCUT2D eigenvalue weighted by Crippen LogP contribution is 2.35. The summed E-state index contributed by atoms with van der Waals surface area (Å²) in [4.78, 5) is 3.78. The second-order valence-electron chi connectivity index (χ2n) is 6.53. The normalized spacial score (nSPS) is 10.6. The van der Waals surface area contributed by atoms with Crippen LogP contribution in [0.15, 0.2) is 97.3 Å². The lowest BCUT2D eigenvalue weighted by Crippen LogP contribution is -2.24. The molecule has 142 valence electrons. The Kier molecular flexibility index (Phi) is 5.70. The van der Waals surface area contributed by atoms with Crippen LogP contribution in [0.4, 0.5) is 0 Å². The summed E-state index contributed by atoms with van der Waals surface area (Å²) < 4.78 is 10.3. The van der Waals surface area contributed by atoms with Crippen molar-refractivity contribution in [2.45, 2.75) is 0 Å². The van der Waals surface area contributed by atoms with Crippen molar-refractivity contribution in [2.75, 3.05) is 7.11 Å². The van der Waals surface area contributed by atoms with E-state index in [0.717, 1.165) is 21.5 Å². The molecule has 0 spiro atoms. The lowest BCUT2D eigenvalue weighted by atomic mass is 9.97. The SMILES string of the molecule is COB(O)Oc1cccc2ccc3cc4ccccc4cc3c12.c1ccncc1. The molecular formula is C24H20BNO3. The van der Waals surface area contributed by atoms with E-state index in [1.807, 2.05) is 48.5 Å². The molecule has 0 unspecified atom stereocenters. The van der Waals surface area contributed by atoms with E-state index in [9.17, 15) is 5.02 Å². The van der Waals surface area contributed by atoms with E-state index in [2.05, 4.69) is 41.4 Å². The molecule has 0 saturated heterocycles. The van der Waals surface area contributed by atoms with E-state index in [1.165, 1.54) is 17.9 Å². The first-order chi connectivity index (χ1) is 14.3. The van der Waals surface area contributed by atoms with Crippen molar-refractivity contribution in [3.05, 3.63) is 97.3 Å². The predicted octanol–water partition coefficient (Wildman–Crippen LogP) is 5.23. The zero-order chi connectivity index (χ0) is 20.1. The molecule has 5 aromatic rings. The minimum atomic E-state index is -1.28. The third kappa shape index (κ3) is 4.21. The van der Waals surface area contributed by atoms with Crippen LogP contribution in [0.5, 0.6) is 5.75 Å². The molecule has 0 fully saturated rings. The fourth-order valence-corrected chi connectivity index (χ4v) is 3.33. The molecule has 4 nitrogen and oxygen atoms in total. The predicted molar refractivity (Wildman–Crippen MR) is 119 cm³/mol. The fraction of sp³-hybridized carbons (Fsp3) is 0.0417. The molecule has 1 aromatic heterocycles. The standard InChI is InChI=1S/C19H15BO3.C5H5N/c1-22-20(21)23-18-8-4-7-13-9-10-16-11-14-5-2-3-6-15(14)12-17(16)19(13)18;1-2-4-6-5-3-1/h2-12,21H,1H3;1-5H. The molecule has 0 atom stereocenters. The highest BCUT2D eigenvalue weighted by molar-refractivity contribution is 6.36. The molecule has 0 bridgehead atoms. The van der Waals surface area contributed by atoms with Crippen molar-refractivity contribution < 1.29 is 14.3 Å². The minimum absolute atomic E-state index is 0.609. The van der Waals surface area contributed by atoms with E-state index < -0.39 is 7.32 Å². The summed E-state index contributed by atoms with van der Waals surface area (Å²) in [5, 5.41) is 16.3. The van der Waals surface area contributed by atoms with Crippen LogP contribution in [0.2, 0.25) is 0 Å². The molecule has 5 heteroatoms. The van der Waals surface area contributed by atoms with Crippen LogP contribution < -0.4 is 4.65 Å². The largest absolute Gasteiger partial charge is 0.710 e. The molecule has 0 radical (unpaired) electrons. The fourth-order valence-electron chi connectivity index (χ4n) is 3.33. The molecule has 0 amide bonds. The molecule has 29 heavy (non-hydrogen) atoms. The Morgan fingerprint density at radius 2 is 1.41 bits per heavy atom. The number of hydrogen-bond donors (Lipinski definition) is 1. The molecule has 0 aliphatic rings. The van der Waals surface area contributed by atoms with Gasteiger partial charge in [0.2, 0.25) is 0 Å². The Balaban J connectivity index is 0.000000294. The highest BCUT2D eigenvalue weighted by atomic mass is 16.7. The van der Waals surface area contributed by atoms with Crippen molar-refractivity contribution in [3.63, 3.8) is 0 Å². The van der Waals surface area contributed by atoms with Crippen molar-refractivity contribution in [1.82, 2.24) is 4.98 Å². The van der Waals surface area contributed by atoms with Gasteiger partial charge in [0, 0.05) is 24.9 Å². The Hall–Kier alpha value is -3.41. The zero-order valence-electron chi connectivity index (χ0n) is 16.0. The van der Waals surface area contributed by atoms with Gasteiger partial charge in [-0.25, -0.2) is 0 Å². The summed E-state index contributed by atoms with van der Waals surface area (Å²) in [7, 11) is 0.123. The molecule has 1 N–H and O–H groups in total. The van der Waals surface area contributed by atoms with Gasteiger partial charge < -0.3 is 14.3 Å². The first-order valence-electron chi connectivity index (χ1n) is 9.33. The Morgan fingerprint density at radius 3 is 2.07 bits per heavy atom. The maximum atomic E-state index is 9.67. The van der Waals surface area contributed by atoms with Gasteiger partial charge in [-0.15, -0.1) is 0 Å². The van der Waals surface area contributed by atoms with Gasteiger partial charge in [-0.3, -0.25) is 4.98 Å². The maximum Gasteiger partial charge on any atom is 0.710 e. The topological polar surface area (TPSA) is 51.6 Å². The highest BCUT2D eigenvalue weighted by Gasteiger charge is 2.18. The van der Waals surface area contributed by atoms with Gasteiger partial charge in [-0.2, -0.15) is 0 Å². The lowest BCUT2D eigenvalue weighted by Gasteiger charge is -2.13. The Morgan fingerprint density at radius 1 is 0.724 bits per heavy atom. The molecule has 4 aromatic carbocycles. The van der Waals surface area contributed by atoms with Gasteiger partial charge in [-0.1, -0.05) is 54.6 Å². The summed E-state index contributed by atoms with van der Waals surface area (Å²) in [5.41, 5.74) is 0. The van der Waals surface area contributed by atoms with Crippen LogP contribution in [0.3, 0.4) is 0 Å².